The van der Waals surface area contributed by atoms with E-state index in [0.717, 1.165) is 5.39 Å². The summed E-state index contributed by atoms with van der Waals surface area (Å²) in [6.45, 7) is 6.02. The molecule has 214 valence electrons. The van der Waals surface area contributed by atoms with Gasteiger partial charge in [0.2, 0.25) is 0 Å². The fourth-order valence-electron chi connectivity index (χ4n) is 4.18. The lowest BCUT2D eigenvalue weighted by atomic mass is 9.99. The smallest absolute Gasteiger partial charge is 0.416 e. The quantitative estimate of drug-likeness (QED) is 0.166. The minimum atomic E-state index is -5.00. The van der Waals surface area contributed by atoms with Crippen LogP contribution < -0.4 is 0 Å². The average Bonchev–Trinajstić information content (AvgIpc) is 2.84. The zero-order chi connectivity index (χ0) is 29.7. The molecule has 3 rings (SSSR count). The van der Waals surface area contributed by atoms with E-state index in [2.05, 4.69) is 16.8 Å². The average molecular weight is 565 g/mol. The van der Waals surface area contributed by atoms with Crippen LogP contribution in [0.4, 0.5) is 26.3 Å². The Bertz CT molecular complexity index is 1370. The van der Waals surface area contributed by atoms with Crippen molar-refractivity contribution in [1.29, 1.82) is 0 Å². The molecule has 4 nitrogen and oxygen atoms in total. The molecule has 1 aromatic heterocycles. The summed E-state index contributed by atoms with van der Waals surface area (Å²) in [4.78, 5) is 18.9. The molecule has 0 N–H and O–H groups in total. The minimum Gasteiger partial charge on any atom is -0.459 e. The number of aromatic nitrogens is 1. The first-order valence-corrected chi connectivity index (χ1v) is 12.6. The Morgan fingerprint density at radius 3 is 2.15 bits per heavy atom. The SMILES string of the molecule is CCC#CCC(c1cnc2ccccc2c1)N(CC(=O)OC(C)(C)C)Cc1cc(C(F)(F)F)cc(C(F)(F)F)c1. The van der Waals surface area contributed by atoms with Gasteiger partial charge < -0.3 is 4.74 Å². The Hall–Kier alpha value is -3.58. The highest BCUT2D eigenvalue weighted by molar-refractivity contribution is 5.79. The van der Waals surface area contributed by atoms with Crippen molar-refractivity contribution in [3.63, 3.8) is 0 Å². The van der Waals surface area contributed by atoms with Crippen LogP contribution in [-0.2, 0) is 28.4 Å². The molecule has 1 heterocycles. The monoisotopic (exact) mass is 564 g/mol. The summed E-state index contributed by atoms with van der Waals surface area (Å²) in [5, 5.41) is 0.782. The number of carbonyl (C=O) groups excluding carboxylic acids is 1. The predicted octanol–water partition coefficient (Wildman–Crippen LogP) is 7.96. The topological polar surface area (TPSA) is 42.4 Å². The molecule has 3 aromatic rings. The van der Waals surface area contributed by atoms with Gasteiger partial charge in [-0.15, -0.1) is 11.8 Å². The molecule has 1 atom stereocenters. The summed E-state index contributed by atoms with van der Waals surface area (Å²) in [5.74, 6) is 5.27. The van der Waals surface area contributed by atoms with E-state index in [0.29, 0.717) is 29.6 Å². The molecule has 2 aromatic carbocycles. The minimum absolute atomic E-state index is 0.0825. The van der Waals surface area contributed by atoms with E-state index in [1.165, 1.54) is 4.90 Å². The van der Waals surface area contributed by atoms with Crippen LogP contribution in [-0.4, -0.2) is 28.0 Å². The highest BCUT2D eigenvalue weighted by Gasteiger charge is 2.37. The molecule has 0 aliphatic heterocycles. The van der Waals surface area contributed by atoms with Crippen LogP contribution in [0.3, 0.4) is 0 Å². The molecule has 0 amide bonds. The Kier molecular flexibility index (Phi) is 9.52. The fourth-order valence-corrected chi connectivity index (χ4v) is 4.18. The molecular formula is C30H30F6N2O2. The number of pyridine rings is 1. The van der Waals surface area contributed by atoms with Gasteiger partial charge in [0.15, 0.2) is 0 Å². The van der Waals surface area contributed by atoms with E-state index in [9.17, 15) is 31.1 Å². The molecule has 0 aliphatic carbocycles. The van der Waals surface area contributed by atoms with Crippen molar-refractivity contribution >= 4 is 16.9 Å². The molecule has 0 saturated carbocycles. The molecule has 0 fully saturated rings. The Morgan fingerprint density at radius 2 is 1.57 bits per heavy atom. The van der Waals surface area contributed by atoms with Crippen LogP contribution in [0.5, 0.6) is 0 Å². The maximum Gasteiger partial charge on any atom is 0.416 e. The van der Waals surface area contributed by atoms with Crippen LogP contribution in [0, 0.1) is 11.8 Å². The molecule has 0 spiro atoms. The molecule has 0 saturated heterocycles. The first kappa shape index (κ1) is 31.0. The maximum atomic E-state index is 13.6. The second-order valence-corrected chi connectivity index (χ2v) is 10.3. The van der Waals surface area contributed by atoms with Crippen LogP contribution in [0.25, 0.3) is 10.9 Å². The second kappa shape index (κ2) is 12.3. The lowest BCUT2D eigenvalue weighted by molar-refractivity contribution is -0.157. The lowest BCUT2D eigenvalue weighted by Gasteiger charge is -2.32. The molecule has 40 heavy (non-hydrogen) atoms. The van der Waals surface area contributed by atoms with Gasteiger partial charge in [0, 0.05) is 37.0 Å². The Balaban J connectivity index is 2.14. The van der Waals surface area contributed by atoms with Gasteiger partial charge in [-0.1, -0.05) is 25.1 Å². The third-order valence-electron chi connectivity index (χ3n) is 5.82. The Morgan fingerprint density at radius 1 is 0.950 bits per heavy atom. The highest BCUT2D eigenvalue weighted by Crippen LogP contribution is 2.37. The largest absolute Gasteiger partial charge is 0.459 e. The normalized spacial score (nSPS) is 13.2. The number of alkyl halides is 6. The number of fused-ring (bicyclic) bond motifs is 1. The number of nitrogens with zero attached hydrogens (tertiary/aromatic N) is 2. The first-order chi connectivity index (χ1) is 18.6. The maximum absolute atomic E-state index is 13.6. The van der Waals surface area contributed by atoms with Gasteiger partial charge in [-0.05, 0) is 62.2 Å². The second-order valence-electron chi connectivity index (χ2n) is 10.3. The van der Waals surface area contributed by atoms with Crippen LogP contribution in [0.1, 0.15) is 68.8 Å². The Labute approximate surface area is 229 Å². The van der Waals surface area contributed by atoms with Crippen molar-refractivity contribution < 1.29 is 35.9 Å². The summed E-state index contributed by atoms with van der Waals surface area (Å²) >= 11 is 0. The number of halogens is 6. The number of ether oxygens (including phenoxy) is 1. The van der Waals surface area contributed by atoms with Gasteiger partial charge in [0.25, 0.3) is 0 Å². The van der Waals surface area contributed by atoms with Crippen LogP contribution in [0.2, 0.25) is 0 Å². The number of carbonyl (C=O) groups is 1. The summed E-state index contributed by atoms with van der Waals surface area (Å²) in [5.41, 5.74) is -2.65. The number of esters is 1. The van der Waals surface area contributed by atoms with Gasteiger partial charge in [0.05, 0.1) is 23.2 Å². The zero-order valence-electron chi connectivity index (χ0n) is 22.6. The summed E-state index contributed by atoms with van der Waals surface area (Å²) in [6.07, 6.45) is -7.73. The predicted molar refractivity (Wildman–Crippen MR) is 140 cm³/mol. The van der Waals surface area contributed by atoms with E-state index < -0.39 is 54.2 Å². The standard InChI is InChI=1S/C30H30F6N2O2/c1-5-6-7-12-26(22-15-21-10-8-9-11-25(21)37-17-22)38(19-27(39)40-28(2,3)4)18-20-13-23(29(31,32)33)16-24(14-20)30(34,35)36/h8-11,13-17,26H,5,12,18-19H2,1-4H3. The van der Waals surface area contributed by atoms with Gasteiger partial charge >= 0.3 is 18.3 Å². The van der Waals surface area contributed by atoms with E-state index in [-0.39, 0.29) is 18.1 Å². The molecule has 1 unspecified atom stereocenters. The summed E-state index contributed by atoms with van der Waals surface area (Å²) in [6, 6.07) is 9.85. The van der Waals surface area contributed by atoms with Crippen LogP contribution >= 0.6 is 0 Å². The lowest BCUT2D eigenvalue weighted by Crippen LogP contribution is -2.37. The van der Waals surface area contributed by atoms with Crippen molar-refractivity contribution in [2.24, 2.45) is 0 Å². The summed E-state index contributed by atoms with van der Waals surface area (Å²) in [7, 11) is 0. The van der Waals surface area contributed by atoms with Gasteiger partial charge in [-0.3, -0.25) is 14.7 Å². The van der Waals surface area contributed by atoms with Crippen molar-refractivity contribution in [3.05, 3.63) is 77.0 Å². The number of para-hydroxylation sites is 1. The van der Waals surface area contributed by atoms with E-state index in [1.54, 1.807) is 27.0 Å². The number of hydrogen-bond donors (Lipinski definition) is 0. The van der Waals surface area contributed by atoms with Gasteiger partial charge in [-0.25, -0.2) is 0 Å². The fraction of sp³-hybridized carbons (Fsp3) is 0.400. The van der Waals surface area contributed by atoms with Gasteiger partial charge in [-0.2, -0.15) is 26.3 Å². The zero-order valence-corrected chi connectivity index (χ0v) is 22.6. The van der Waals surface area contributed by atoms with E-state index >= 15 is 0 Å². The molecule has 0 radical (unpaired) electrons. The summed E-state index contributed by atoms with van der Waals surface area (Å²) < 4.78 is 86.8. The van der Waals surface area contributed by atoms with Crippen molar-refractivity contribution in [2.75, 3.05) is 6.54 Å². The number of hydrogen-bond acceptors (Lipinski definition) is 4. The molecule has 0 aliphatic rings. The van der Waals surface area contributed by atoms with Crippen molar-refractivity contribution in [1.82, 2.24) is 9.88 Å². The van der Waals surface area contributed by atoms with E-state index in [4.69, 9.17) is 4.74 Å². The third-order valence-corrected chi connectivity index (χ3v) is 5.82. The molecule has 0 bridgehead atoms. The first-order valence-electron chi connectivity index (χ1n) is 12.6. The highest BCUT2D eigenvalue weighted by atomic mass is 19.4. The van der Waals surface area contributed by atoms with Gasteiger partial charge in [0.1, 0.15) is 5.60 Å². The number of benzene rings is 2. The molecular weight excluding hydrogens is 534 g/mol. The third kappa shape index (κ3) is 8.71. The van der Waals surface area contributed by atoms with Crippen molar-refractivity contribution in [3.8, 4) is 11.8 Å². The molecule has 10 heteroatoms. The number of rotatable bonds is 7. The van der Waals surface area contributed by atoms with Crippen LogP contribution in [0.15, 0.2) is 54.7 Å². The van der Waals surface area contributed by atoms with Crippen molar-refractivity contribution in [2.45, 2.75) is 71.1 Å². The van der Waals surface area contributed by atoms with E-state index in [1.807, 2.05) is 37.3 Å².